The van der Waals surface area contributed by atoms with Gasteiger partial charge in [0, 0.05) is 23.9 Å². The summed E-state index contributed by atoms with van der Waals surface area (Å²) in [5.41, 5.74) is 11.6. The number of hydrogen-bond donors (Lipinski definition) is 2. The molecule has 0 saturated heterocycles. The van der Waals surface area contributed by atoms with Crippen LogP contribution in [-0.2, 0) is 34.1 Å². The smallest absolute Gasteiger partial charge is 0.313 e. The van der Waals surface area contributed by atoms with Crippen LogP contribution in [0.25, 0.3) is 10.2 Å². The number of anilines is 2. The van der Waals surface area contributed by atoms with E-state index in [0.717, 1.165) is 15.8 Å². The molecule has 3 aromatic heterocycles. The number of amides is 2. The number of ether oxygens (including phenoxy) is 1. The van der Waals surface area contributed by atoms with Crippen LogP contribution in [0, 0.1) is 12.7 Å². The number of nitrogen functional groups attached to an aromatic ring is 1. The van der Waals surface area contributed by atoms with Gasteiger partial charge in [-0.1, -0.05) is 6.07 Å². The summed E-state index contributed by atoms with van der Waals surface area (Å²) in [7, 11) is 0. The molecule has 2 amide bonds. The van der Waals surface area contributed by atoms with Crippen molar-refractivity contribution >= 4 is 44.9 Å². The summed E-state index contributed by atoms with van der Waals surface area (Å²) in [6.45, 7) is 3.92. The Balaban J connectivity index is 1.47. The standard InChI is InChI=1S/C25H23FN6O3S/c1-13-21(16-10-35-11-17(16)23(27)30-13)31-24(33)25(34)32(14(2)22-18(26)4-3-7-28-22)9-15-5-6-20-19(8-15)29-12-36-20/h3-8,12,14H,9-11H2,1-2H3,(H2,27,30)(H,31,33). The number of rotatable bonds is 5. The van der Waals surface area contributed by atoms with Crippen molar-refractivity contribution in [3.8, 4) is 0 Å². The molecule has 0 saturated carbocycles. The zero-order valence-corrected chi connectivity index (χ0v) is 20.4. The van der Waals surface area contributed by atoms with E-state index in [-0.39, 0.29) is 25.5 Å². The first-order chi connectivity index (χ1) is 17.3. The number of fused-ring (bicyclic) bond motifs is 2. The summed E-state index contributed by atoms with van der Waals surface area (Å²) in [4.78, 5) is 40.8. The molecule has 1 unspecified atom stereocenters. The van der Waals surface area contributed by atoms with E-state index in [4.69, 9.17) is 10.5 Å². The summed E-state index contributed by atoms with van der Waals surface area (Å²) in [5.74, 6) is -1.94. The van der Waals surface area contributed by atoms with Crippen molar-refractivity contribution in [3.63, 3.8) is 0 Å². The minimum atomic E-state index is -0.878. The number of carbonyl (C=O) groups is 2. The topological polar surface area (TPSA) is 123 Å². The summed E-state index contributed by atoms with van der Waals surface area (Å²) in [6.07, 6.45) is 1.45. The monoisotopic (exact) mass is 506 g/mol. The van der Waals surface area contributed by atoms with Crippen LogP contribution >= 0.6 is 11.3 Å². The molecule has 184 valence electrons. The van der Waals surface area contributed by atoms with Crippen LogP contribution in [0.2, 0.25) is 0 Å². The largest absolute Gasteiger partial charge is 0.383 e. The van der Waals surface area contributed by atoms with E-state index < -0.39 is 23.7 Å². The molecule has 0 aliphatic carbocycles. The van der Waals surface area contributed by atoms with E-state index in [1.807, 2.05) is 18.2 Å². The second-order valence-electron chi connectivity index (χ2n) is 8.50. The van der Waals surface area contributed by atoms with Gasteiger partial charge in [-0.25, -0.2) is 14.4 Å². The number of hydrogen-bond acceptors (Lipinski definition) is 8. The molecule has 0 fully saturated rings. The van der Waals surface area contributed by atoms with Gasteiger partial charge >= 0.3 is 11.8 Å². The normalized spacial score (nSPS) is 13.4. The zero-order valence-electron chi connectivity index (χ0n) is 19.6. The maximum absolute atomic E-state index is 14.6. The molecule has 3 N–H and O–H groups in total. The maximum Gasteiger partial charge on any atom is 0.313 e. The quantitative estimate of drug-likeness (QED) is 0.394. The Labute approximate surface area is 210 Å². The van der Waals surface area contributed by atoms with Crippen molar-refractivity contribution < 1.29 is 18.7 Å². The Hall–Kier alpha value is -3.96. The molecule has 5 rings (SSSR count). The number of thiazole rings is 1. The summed E-state index contributed by atoms with van der Waals surface area (Å²) < 4.78 is 21.1. The third-order valence-corrected chi connectivity index (χ3v) is 7.02. The van der Waals surface area contributed by atoms with E-state index >= 15 is 0 Å². The lowest BCUT2D eigenvalue weighted by molar-refractivity contribution is -0.145. The zero-order chi connectivity index (χ0) is 25.4. The van der Waals surface area contributed by atoms with Crippen molar-refractivity contribution in [3.05, 3.63) is 75.9 Å². The van der Waals surface area contributed by atoms with Crippen LogP contribution in [0.1, 0.15) is 41.0 Å². The fraction of sp³-hybridized carbons (Fsp3) is 0.240. The van der Waals surface area contributed by atoms with Crippen molar-refractivity contribution in [2.45, 2.75) is 39.6 Å². The van der Waals surface area contributed by atoms with Crippen LogP contribution in [-0.4, -0.2) is 31.7 Å². The average molecular weight is 507 g/mol. The number of pyridine rings is 2. The van der Waals surface area contributed by atoms with Gasteiger partial charge < -0.3 is 20.7 Å². The molecule has 0 bridgehead atoms. The predicted octanol–water partition coefficient (Wildman–Crippen LogP) is 3.87. The highest BCUT2D eigenvalue weighted by Crippen LogP contribution is 2.33. The van der Waals surface area contributed by atoms with Crippen molar-refractivity contribution in [2.24, 2.45) is 0 Å². The van der Waals surface area contributed by atoms with Crippen LogP contribution in [0.4, 0.5) is 15.9 Å². The first-order valence-corrected chi connectivity index (χ1v) is 12.1. The van der Waals surface area contributed by atoms with Crippen molar-refractivity contribution in [2.75, 3.05) is 11.1 Å². The number of aryl methyl sites for hydroxylation is 1. The van der Waals surface area contributed by atoms with Gasteiger partial charge in [0.25, 0.3) is 0 Å². The SMILES string of the molecule is Cc1nc(N)c2c(c1NC(=O)C(=O)N(Cc1ccc3scnc3c1)C(C)c1ncccc1F)COC2. The van der Waals surface area contributed by atoms with Gasteiger partial charge in [0.1, 0.15) is 11.6 Å². The van der Waals surface area contributed by atoms with Gasteiger partial charge in [-0.05, 0) is 43.7 Å². The van der Waals surface area contributed by atoms with E-state index in [9.17, 15) is 14.0 Å². The predicted molar refractivity (Wildman–Crippen MR) is 133 cm³/mol. The number of nitrogens with one attached hydrogen (secondary N) is 1. The minimum absolute atomic E-state index is 0.0527. The Morgan fingerprint density at radius 3 is 2.86 bits per heavy atom. The molecule has 1 aromatic carbocycles. The Morgan fingerprint density at radius 2 is 2.06 bits per heavy atom. The third-order valence-electron chi connectivity index (χ3n) is 6.21. The number of halogens is 1. The lowest BCUT2D eigenvalue weighted by Gasteiger charge is -2.29. The van der Waals surface area contributed by atoms with Gasteiger partial charge in [-0.15, -0.1) is 11.3 Å². The molecule has 9 nitrogen and oxygen atoms in total. The Kier molecular flexibility index (Phi) is 6.33. The average Bonchev–Trinajstić information content (AvgIpc) is 3.54. The van der Waals surface area contributed by atoms with Crippen molar-refractivity contribution in [1.82, 2.24) is 19.9 Å². The Bertz CT molecular complexity index is 1490. The second kappa shape index (κ2) is 9.59. The molecule has 1 atom stereocenters. The van der Waals surface area contributed by atoms with Crippen LogP contribution < -0.4 is 11.1 Å². The Morgan fingerprint density at radius 1 is 1.25 bits per heavy atom. The number of benzene rings is 1. The summed E-state index contributed by atoms with van der Waals surface area (Å²) >= 11 is 1.50. The van der Waals surface area contributed by atoms with Crippen molar-refractivity contribution in [1.29, 1.82) is 0 Å². The molecule has 4 heterocycles. The fourth-order valence-corrected chi connectivity index (χ4v) is 4.96. The summed E-state index contributed by atoms with van der Waals surface area (Å²) in [6, 6.07) is 7.54. The first-order valence-electron chi connectivity index (χ1n) is 11.2. The lowest BCUT2D eigenvalue weighted by atomic mass is 10.1. The van der Waals surface area contributed by atoms with Gasteiger partial charge in [0.2, 0.25) is 0 Å². The van der Waals surface area contributed by atoms with E-state index in [1.165, 1.54) is 34.6 Å². The third kappa shape index (κ3) is 4.38. The molecular formula is C25H23FN6O3S. The number of nitrogens with two attached hydrogens (primary N) is 1. The molecule has 4 aromatic rings. The van der Waals surface area contributed by atoms with Gasteiger partial charge in [-0.3, -0.25) is 14.6 Å². The van der Waals surface area contributed by atoms with Gasteiger partial charge in [-0.2, -0.15) is 0 Å². The molecular weight excluding hydrogens is 483 g/mol. The van der Waals surface area contributed by atoms with Gasteiger partial charge in [0.05, 0.1) is 52.1 Å². The fourth-order valence-electron chi connectivity index (χ4n) is 4.30. The maximum atomic E-state index is 14.6. The lowest BCUT2D eigenvalue weighted by Crippen LogP contribution is -2.41. The van der Waals surface area contributed by atoms with E-state index in [1.54, 1.807) is 19.4 Å². The van der Waals surface area contributed by atoms with E-state index in [0.29, 0.717) is 28.3 Å². The number of aromatic nitrogens is 3. The van der Waals surface area contributed by atoms with Crippen LogP contribution in [0.15, 0.2) is 42.0 Å². The molecule has 1 aliphatic heterocycles. The van der Waals surface area contributed by atoms with Gasteiger partial charge in [0.15, 0.2) is 0 Å². The number of nitrogens with zero attached hydrogens (tertiary/aromatic N) is 4. The molecule has 36 heavy (non-hydrogen) atoms. The molecule has 11 heteroatoms. The number of carbonyl (C=O) groups excluding carboxylic acids is 2. The highest BCUT2D eigenvalue weighted by molar-refractivity contribution is 7.16. The second-order valence-corrected chi connectivity index (χ2v) is 9.38. The molecule has 1 aliphatic rings. The van der Waals surface area contributed by atoms with E-state index in [2.05, 4.69) is 20.3 Å². The van der Waals surface area contributed by atoms with Crippen LogP contribution in [0.3, 0.4) is 0 Å². The van der Waals surface area contributed by atoms with Crippen LogP contribution in [0.5, 0.6) is 0 Å². The molecule has 0 spiro atoms. The highest BCUT2D eigenvalue weighted by atomic mass is 32.1. The first kappa shape index (κ1) is 23.8. The summed E-state index contributed by atoms with van der Waals surface area (Å²) in [5, 5.41) is 2.70. The molecule has 0 radical (unpaired) electrons. The minimum Gasteiger partial charge on any atom is -0.383 e. The highest BCUT2D eigenvalue weighted by Gasteiger charge is 2.31.